The van der Waals surface area contributed by atoms with Gasteiger partial charge in [-0.3, -0.25) is 9.89 Å². The smallest absolute Gasteiger partial charge is 0.191 e. The molecule has 2 N–H and O–H groups in total. The van der Waals surface area contributed by atoms with Gasteiger partial charge in [0.05, 0.1) is 11.4 Å². The molecule has 3 aromatic rings. The standard InChI is InChI=1S/C27H36N6/c1-20-16-22(3)33(31-20)26-13-9-8-12-24(26)18-29-27(28-4)30-25-14-15-32(21(2)17-25)19-23-10-6-5-7-11-23/h5-13,16,21,25H,14-15,17-19H2,1-4H3,(H2,28,29,30). The summed E-state index contributed by atoms with van der Waals surface area (Å²) in [5.41, 5.74) is 5.85. The van der Waals surface area contributed by atoms with Crippen molar-refractivity contribution in [1.82, 2.24) is 25.3 Å². The summed E-state index contributed by atoms with van der Waals surface area (Å²) in [5.74, 6) is 0.854. The van der Waals surface area contributed by atoms with Crippen LogP contribution in [0.1, 0.15) is 42.3 Å². The SMILES string of the molecule is CN=C(NCc1ccccc1-n1nc(C)cc1C)NC1CCN(Cc2ccccc2)C(C)C1. The van der Waals surface area contributed by atoms with E-state index in [1.807, 2.05) is 18.7 Å². The summed E-state index contributed by atoms with van der Waals surface area (Å²) < 4.78 is 2.02. The Bertz CT molecular complexity index is 1070. The third-order valence-electron chi connectivity index (χ3n) is 6.48. The van der Waals surface area contributed by atoms with E-state index in [9.17, 15) is 0 Å². The van der Waals surface area contributed by atoms with E-state index in [0.29, 0.717) is 18.6 Å². The highest BCUT2D eigenvalue weighted by atomic mass is 15.3. The van der Waals surface area contributed by atoms with Crippen LogP contribution in [0, 0.1) is 13.8 Å². The van der Waals surface area contributed by atoms with Crippen molar-refractivity contribution in [1.29, 1.82) is 0 Å². The highest BCUT2D eigenvalue weighted by molar-refractivity contribution is 5.80. The molecule has 2 heterocycles. The van der Waals surface area contributed by atoms with E-state index < -0.39 is 0 Å². The molecule has 6 heteroatoms. The zero-order valence-electron chi connectivity index (χ0n) is 20.3. The van der Waals surface area contributed by atoms with E-state index in [2.05, 4.69) is 100 Å². The van der Waals surface area contributed by atoms with Crippen molar-refractivity contribution in [3.63, 3.8) is 0 Å². The fourth-order valence-electron chi connectivity index (χ4n) is 4.71. The molecule has 0 radical (unpaired) electrons. The number of likely N-dealkylation sites (tertiary alicyclic amines) is 1. The molecule has 174 valence electrons. The molecule has 1 fully saturated rings. The number of para-hydroxylation sites is 1. The second kappa shape index (κ2) is 10.7. The minimum atomic E-state index is 0.421. The van der Waals surface area contributed by atoms with E-state index in [4.69, 9.17) is 0 Å². The number of guanidine groups is 1. The number of nitrogens with one attached hydrogen (secondary N) is 2. The Kier molecular flexibility index (Phi) is 7.45. The average Bonchev–Trinajstić information content (AvgIpc) is 3.16. The van der Waals surface area contributed by atoms with Gasteiger partial charge < -0.3 is 10.6 Å². The second-order valence-corrected chi connectivity index (χ2v) is 9.06. The van der Waals surface area contributed by atoms with Crippen molar-refractivity contribution in [3.8, 4) is 5.69 Å². The molecule has 2 aromatic carbocycles. The number of hydrogen-bond donors (Lipinski definition) is 2. The second-order valence-electron chi connectivity index (χ2n) is 9.06. The molecule has 1 aliphatic heterocycles. The number of aryl methyl sites for hydroxylation is 2. The van der Waals surface area contributed by atoms with Crippen molar-refractivity contribution < 1.29 is 0 Å². The number of hydrogen-bond acceptors (Lipinski definition) is 3. The lowest BCUT2D eigenvalue weighted by Gasteiger charge is -2.38. The van der Waals surface area contributed by atoms with Crippen LogP contribution in [0.25, 0.3) is 5.69 Å². The third kappa shape index (κ3) is 5.82. The molecule has 33 heavy (non-hydrogen) atoms. The molecule has 4 rings (SSSR count). The highest BCUT2D eigenvalue weighted by Crippen LogP contribution is 2.20. The largest absolute Gasteiger partial charge is 0.354 e. The zero-order valence-corrected chi connectivity index (χ0v) is 20.3. The van der Waals surface area contributed by atoms with Crippen molar-refractivity contribution >= 4 is 5.96 Å². The van der Waals surface area contributed by atoms with Crippen molar-refractivity contribution in [2.24, 2.45) is 4.99 Å². The van der Waals surface area contributed by atoms with Crippen LogP contribution in [0.2, 0.25) is 0 Å². The van der Waals surface area contributed by atoms with Crippen molar-refractivity contribution in [2.45, 2.75) is 58.8 Å². The summed E-state index contributed by atoms with van der Waals surface area (Å²) >= 11 is 0. The number of aliphatic imine (C=N–C) groups is 1. The van der Waals surface area contributed by atoms with Crippen LogP contribution in [0.4, 0.5) is 0 Å². The van der Waals surface area contributed by atoms with Gasteiger partial charge in [0.15, 0.2) is 5.96 Å². The predicted molar refractivity (Wildman–Crippen MR) is 136 cm³/mol. The first kappa shape index (κ1) is 23.1. The molecule has 0 amide bonds. The maximum absolute atomic E-state index is 4.67. The topological polar surface area (TPSA) is 57.5 Å². The average molecular weight is 445 g/mol. The lowest BCUT2D eigenvalue weighted by Crippen LogP contribution is -2.51. The van der Waals surface area contributed by atoms with Crippen LogP contribution < -0.4 is 10.6 Å². The van der Waals surface area contributed by atoms with Gasteiger partial charge in [-0.15, -0.1) is 0 Å². The van der Waals surface area contributed by atoms with Crippen molar-refractivity contribution in [3.05, 3.63) is 83.2 Å². The first-order valence-electron chi connectivity index (χ1n) is 11.9. The van der Waals surface area contributed by atoms with Crippen LogP contribution in [-0.2, 0) is 13.1 Å². The van der Waals surface area contributed by atoms with Crippen LogP contribution in [0.5, 0.6) is 0 Å². The highest BCUT2D eigenvalue weighted by Gasteiger charge is 2.26. The Hall–Kier alpha value is -3.12. The monoisotopic (exact) mass is 444 g/mol. The lowest BCUT2D eigenvalue weighted by molar-refractivity contribution is 0.134. The molecule has 2 atom stereocenters. The summed E-state index contributed by atoms with van der Waals surface area (Å²) in [7, 11) is 1.84. The first-order valence-corrected chi connectivity index (χ1v) is 11.9. The molecule has 1 aliphatic rings. The normalized spacial score (nSPS) is 19.5. The molecule has 2 unspecified atom stereocenters. The fourth-order valence-corrected chi connectivity index (χ4v) is 4.71. The van der Waals surface area contributed by atoms with E-state index in [1.165, 1.54) is 11.1 Å². The van der Waals surface area contributed by atoms with Crippen LogP contribution in [0.15, 0.2) is 65.7 Å². The van der Waals surface area contributed by atoms with Gasteiger partial charge in [-0.05, 0) is 56.9 Å². The quantitative estimate of drug-likeness (QED) is 0.442. The summed E-state index contributed by atoms with van der Waals surface area (Å²) in [5, 5.41) is 11.8. The van der Waals surface area contributed by atoms with Crippen LogP contribution >= 0.6 is 0 Å². The van der Waals surface area contributed by atoms with E-state index in [1.54, 1.807) is 0 Å². The molecule has 0 aliphatic carbocycles. The van der Waals surface area contributed by atoms with E-state index in [-0.39, 0.29) is 0 Å². The number of benzene rings is 2. The Labute approximate surface area is 197 Å². The number of nitrogens with zero attached hydrogens (tertiary/aromatic N) is 4. The molecule has 1 aromatic heterocycles. The minimum absolute atomic E-state index is 0.421. The van der Waals surface area contributed by atoms with Gasteiger partial charge in [-0.25, -0.2) is 4.68 Å². The summed E-state index contributed by atoms with van der Waals surface area (Å²) in [6.45, 7) is 9.25. The Morgan fingerprint density at radius 2 is 1.85 bits per heavy atom. The molecular weight excluding hydrogens is 408 g/mol. The maximum atomic E-state index is 4.67. The number of piperidine rings is 1. The summed E-state index contributed by atoms with van der Waals surface area (Å²) in [4.78, 5) is 7.07. The van der Waals surface area contributed by atoms with Crippen molar-refractivity contribution in [2.75, 3.05) is 13.6 Å². The van der Waals surface area contributed by atoms with Gasteiger partial charge in [0.2, 0.25) is 0 Å². The number of rotatable bonds is 6. The number of aromatic nitrogens is 2. The van der Waals surface area contributed by atoms with E-state index >= 15 is 0 Å². The van der Waals surface area contributed by atoms with Gasteiger partial charge in [-0.2, -0.15) is 5.10 Å². The third-order valence-corrected chi connectivity index (χ3v) is 6.48. The maximum Gasteiger partial charge on any atom is 0.191 e. The molecular formula is C27H36N6. The lowest BCUT2D eigenvalue weighted by atomic mass is 9.97. The molecule has 1 saturated heterocycles. The molecule has 0 bridgehead atoms. The summed E-state index contributed by atoms with van der Waals surface area (Å²) in [6, 6.07) is 22.2. The van der Waals surface area contributed by atoms with Crippen LogP contribution in [0.3, 0.4) is 0 Å². The Balaban J connectivity index is 1.33. The molecule has 6 nitrogen and oxygen atoms in total. The summed E-state index contributed by atoms with van der Waals surface area (Å²) in [6.07, 6.45) is 2.22. The molecule has 0 saturated carbocycles. The van der Waals surface area contributed by atoms with Gasteiger partial charge in [0.1, 0.15) is 0 Å². The Morgan fingerprint density at radius 3 is 2.55 bits per heavy atom. The minimum Gasteiger partial charge on any atom is -0.354 e. The zero-order chi connectivity index (χ0) is 23.2. The Morgan fingerprint density at radius 1 is 1.09 bits per heavy atom. The predicted octanol–water partition coefficient (Wildman–Crippen LogP) is 4.21. The van der Waals surface area contributed by atoms with E-state index in [0.717, 1.165) is 49.0 Å². The first-order chi connectivity index (χ1) is 16.0. The van der Waals surface area contributed by atoms with Gasteiger partial charge in [-0.1, -0.05) is 48.5 Å². The molecule has 0 spiro atoms. The van der Waals surface area contributed by atoms with Gasteiger partial charge in [0.25, 0.3) is 0 Å². The van der Waals surface area contributed by atoms with Crippen LogP contribution in [-0.4, -0.2) is 46.3 Å². The van der Waals surface area contributed by atoms with Gasteiger partial charge in [0, 0.05) is 44.5 Å². The fraction of sp³-hybridized carbons (Fsp3) is 0.407. The van der Waals surface area contributed by atoms with Gasteiger partial charge >= 0.3 is 0 Å².